The Balaban J connectivity index is 1.82. The lowest BCUT2D eigenvalue weighted by molar-refractivity contribution is 0.103. The highest BCUT2D eigenvalue weighted by Crippen LogP contribution is 2.22. The number of hydrogen-bond acceptors (Lipinski definition) is 4. The van der Waals surface area contributed by atoms with E-state index in [9.17, 15) is 22.0 Å². The molecular formula is C19H12F2O4S. The smallest absolute Gasteiger partial charge is 0.342 e. The minimum atomic E-state index is -4.47. The molecule has 0 saturated heterocycles. The highest BCUT2D eigenvalue weighted by molar-refractivity contribution is 7.87. The molecule has 0 aliphatic heterocycles. The molecule has 26 heavy (non-hydrogen) atoms. The van der Waals surface area contributed by atoms with Gasteiger partial charge < -0.3 is 4.18 Å². The van der Waals surface area contributed by atoms with Crippen molar-refractivity contribution in [3.05, 3.63) is 95.6 Å². The van der Waals surface area contributed by atoms with Crippen LogP contribution >= 0.6 is 0 Å². The van der Waals surface area contributed by atoms with E-state index in [1.54, 1.807) is 30.3 Å². The van der Waals surface area contributed by atoms with Crippen LogP contribution in [0.2, 0.25) is 0 Å². The van der Waals surface area contributed by atoms with Crippen LogP contribution in [0.1, 0.15) is 15.9 Å². The van der Waals surface area contributed by atoms with E-state index in [0.717, 1.165) is 12.1 Å². The summed E-state index contributed by atoms with van der Waals surface area (Å²) in [7, 11) is -4.47. The van der Waals surface area contributed by atoms with Gasteiger partial charge in [0.2, 0.25) is 0 Å². The maximum atomic E-state index is 13.7. The van der Waals surface area contributed by atoms with Crippen LogP contribution in [-0.4, -0.2) is 14.2 Å². The van der Waals surface area contributed by atoms with Gasteiger partial charge in [-0.2, -0.15) is 8.42 Å². The molecule has 3 aromatic carbocycles. The SMILES string of the molecule is O=C(c1ccccc1)c1ccc(OS(=O)(=O)c2ccc(F)cc2F)cc1. The minimum Gasteiger partial charge on any atom is -0.379 e. The van der Waals surface area contributed by atoms with Crippen LogP contribution in [0, 0.1) is 11.6 Å². The lowest BCUT2D eigenvalue weighted by Crippen LogP contribution is -2.12. The Hall–Kier alpha value is -3.06. The van der Waals surface area contributed by atoms with Gasteiger partial charge in [-0.1, -0.05) is 30.3 Å². The van der Waals surface area contributed by atoms with E-state index >= 15 is 0 Å². The first-order valence-electron chi connectivity index (χ1n) is 7.46. The van der Waals surface area contributed by atoms with Gasteiger partial charge in [-0.25, -0.2) is 8.78 Å². The van der Waals surface area contributed by atoms with Crippen molar-refractivity contribution in [3.63, 3.8) is 0 Å². The summed E-state index contributed by atoms with van der Waals surface area (Å²) in [5.41, 5.74) is 0.830. The number of carbonyl (C=O) groups is 1. The predicted octanol–water partition coefficient (Wildman–Crippen LogP) is 3.96. The van der Waals surface area contributed by atoms with Crippen molar-refractivity contribution < 1.29 is 26.2 Å². The van der Waals surface area contributed by atoms with Crippen molar-refractivity contribution in [2.75, 3.05) is 0 Å². The molecule has 0 N–H and O–H groups in total. The van der Waals surface area contributed by atoms with Crippen molar-refractivity contribution in [1.29, 1.82) is 0 Å². The standard InChI is InChI=1S/C19H12F2O4S/c20-15-8-11-18(17(21)12-15)26(23,24)25-16-9-6-14(7-10-16)19(22)13-4-2-1-3-5-13/h1-12H. The lowest BCUT2D eigenvalue weighted by atomic mass is 10.0. The zero-order valence-corrected chi connectivity index (χ0v) is 14.0. The summed E-state index contributed by atoms with van der Waals surface area (Å²) < 4.78 is 55.7. The molecule has 7 heteroatoms. The zero-order chi connectivity index (χ0) is 18.7. The van der Waals surface area contributed by atoms with E-state index in [-0.39, 0.29) is 11.5 Å². The van der Waals surface area contributed by atoms with E-state index in [0.29, 0.717) is 17.2 Å². The van der Waals surface area contributed by atoms with E-state index in [1.807, 2.05) is 0 Å². The molecule has 132 valence electrons. The van der Waals surface area contributed by atoms with Crippen LogP contribution in [0.5, 0.6) is 5.75 Å². The van der Waals surface area contributed by atoms with Crippen molar-refractivity contribution in [2.45, 2.75) is 4.90 Å². The van der Waals surface area contributed by atoms with Crippen LogP contribution < -0.4 is 4.18 Å². The van der Waals surface area contributed by atoms with E-state index < -0.39 is 26.6 Å². The molecule has 0 heterocycles. The first-order valence-corrected chi connectivity index (χ1v) is 8.87. The van der Waals surface area contributed by atoms with Gasteiger partial charge in [0.25, 0.3) is 0 Å². The van der Waals surface area contributed by atoms with Crippen LogP contribution in [0.3, 0.4) is 0 Å². The quantitative estimate of drug-likeness (QED) is 0.501. The highest BCUT2D eigenvalue weighted by Gasteiger charge is 2.22. The number of halogens is 2. The highest BCUT2D eigenvalue weighted by atomic mass is 32.2. The number of carbonyl (C=O) groups excluding carboxylic acids is 1. The fraction of sp³-hybridized carbons (Fsp3) is 0. The number of ketones is 1. The topological polar surface area (TPSA) is 60.4 Å². The first kappa shape index (κ1) is 17.8. The average molecular weight is 374 g/mol. The number of hydrogen-bond donors (Lipinski definition) is 0. The van der Waals surface area contributed by atoms with Gasteiger partial charge in [0.1, 0.15) is 22.3 Å². The Kier molecular flexibility index (Phi) is 4.81. The van der Waals surface area contributed by atoms with Crippen molar-refractivity contribution in [2.24, 2.45) is 0 Å². The van der Waals surface area contributed by atoms with Crippen LogP contribution in [0.4, 0.5) is 8.78 Å². The monoisotopic (exact) mass is 374 g/mol. The third-order valence-corrected chi connectivity index (χ3v) is 4.80. The fourth-order valence-corrected chi connectivity index (χ4v) is 3.25. The fourth-order valence-electron chi connectivity index (χ4n) is 2.27. The summed E-state index contributed by atoms with van der Waals surface area (Å²) in [5.74, 6) is -2.48. The summed E-state index contributed by atoms with van der Waals surface area (Å²) in [6.07, 6.45) is 0. The van der Waals surface area contributed by atoms with Gasteiger partial charge >= 0.3 is 10.1 Å². The van der Waals surface area contributed by atoms with Gasteiger partial charge in [-0.05, 0) is 36.4 Å². The molecule has 0 aliphatic rings. The first-order chi connectivity index (χ1) is 12.4. The molecule has 3 aromatic rings. The summed E-state index contributed by atoms with van der Waals surface area (Å²) in [6, 6.07) is 16.0. The van der Waals surface area contributed by atoms with Gasteiger partial charge in [-0.15, -0.1) is 0 Å². The molecule has 0 bridgehead atoms. The van der Waals surface area contributed by atoms with Gasteiger partial charge in [0.15, 0.2) is 5.78 Å². The number of benzene rings is 3. The van der Waals surface area contributed by atoms with Gasteiger partial charge in [-0.3, -0.25) is 4.79 Å². The molecule has 0 amide bonds. The molecule has 0 spiro atoms. The minimum absolute atomic E-state index is 0.0988. The Bertz CT molecular complexity index is 1050. The summed E-state index contributed by atoms with van der Waals surface area (Å²) in [4.78, 5) is 11.5. The molecule has 3 rings (SSSR count). The predicted molar refractivity (Wildman–Crippen MR) is 90.5 cm³/mol. The second kappa shape index (κ2) is 7.05. The molecule has 0 saturated carbocycles. The summed E-state index contributed by atoms with van der Waals surface area (Å²) in [6.45, 7) is 0. The average Bonchev–Trinajstić information content (AvgIpc) is 2.62. The normalized spacial score (nSPS) is 11.2. The van der Waals surface area contributed by atoms with Crippen LogP contribution in [0.15, 0.2) is 77.7 Å². The second-order valence-electron chi connectivity index (χ2n) is 5.33. The Labute approximate surface area is 148 Å². The van der Waals surface area contributed by atoms with E-state index in [1.165, 1.54) is 24.3 Å². The zero-order valence-electron chi connectivity index (χ0n) is 13.2. The van der Waals surface area contributed by atoms with Crippen molar-refractivity contribution in [1.82, 2.24) is 0 Å². The Morgan fingerprint density at radius 3 is 2.04 bits per heavy atom. The molecule has 0 atom stereocenters. The largest absolute Gasteiger partial charge is 0.379 e. The maximum absolute atomic E-state index is 13.7. The molecule has 0 aliphatic carbocycles. The van der Waals surface area contributed by atoms with Crippen molar-refractivity contribution in [3.8, 4) is 5.75 Å². The second-order valence-corrected chi connectivity index (χ2v) is 6.85. The molecule has 0 aromatic heterocycles. The van der Waals surface area contributed by atoms with Crippen LogP contribution in [0.25, 0.3) is 0 Å². The van der Waals surface area contributed by atoms with Crippen LogP contribution in [-0.2, 0) is 10.1 Å². The summed E-state index contributed by atoms with van der Waals surface area (Å²) in [5, 5.41) is 0. The molecule has 0 fully saturated rings. The Morgan fingerprint density at radius 1 is 0.808 bits per heavy atom. The lowest BCUT2D eigenvalue weighted by Gasteiger charge is -2.08. The molecule has 0 radical (unpaired) electrons. The molecular weight excluding hydrogens is 362 g/mol. The maximum Gasteiger partial charge on any atom is 0.342 e. The van der Waals surface area contributed by atoms with Gasteiger partial charge in [0, 0.05) is 17.2 Å². The van der Waals surface area contributed by atoms with Gasteiger partial charge in [0.05, 0.1) is 0 Å². The summed E-state index contributed by atoms with van der Waals surface area (Å²) >= 11 is 0. The third-order valence-electron chi connectivity index (χ3n) is 3.52. The van der Waals surface area contributed by atoms with E-state index in [2.05, 4.69) is 0 Å². The van der Waals surface area contributed by atoms with E-state index in [4.69, 9.17) is 4.18 Å². The van der Waals surface area contributed by atoms with Crippen molar-refractivity contribution >= 4 is 15.9 Å². The molecule has 0 unspecified atom stereocenters. The third kappa shape index (κ3) is 3.78. The molecule has 4 nitrogen and oxygen atoms in total. The Morgan fingerprint density at radius 2 is 1.42 bits per heavy atom. The number of rotatable bonds is 5.